The minimum atomic E-state index is 0. The first kappa shape index (κ1) is 28.7. The number of anilines is 1. The number of imidazole rings is 1. The molecule has 0 radical (unpaired) electrons. The lowest BCUT2D eigenvalue weighted by atomic mass is 9.77. The molecule has 1 atom stereocenters. The summed E-state index contributed by atoms with van der Waals surface area (Å²) in [5.74, 6) is 1.10. The molecule has 6 nitrogen and oxygen atoms in total. The summed E-state index contributed by atoms with van der Waals surface area (Å²) in [5.41, 5.74) is 4.06. The lowest BCUT2D eigenvalue weighted by Crippen LogP contribution is -2.37. The van der Waals surface area contributed by atoms with Crippen LogP contribution in [0.5, 0.6) is 0 Å². The van der Waals surface area contributed by atoms with Crippen molar-refractivity contribution in [2.75, 3.05) is 63.9 Å². The van der Waals surface area contributed by atoms with Gasteiger partial charge in [-0.05, 0) is 63.5 Å². The lowest BCUT2D eigenvalue weighted by Gasteiger charge is -2.32. The minimum absolute atomic E-state index is 0. The monoisotopic (exact) mass is 533 g/mol. The summed E-state index contributed by atoms with van der Waals surface area (Å²) in [6.07, 6.45) is 3.63. The Balaban J connectivity index is 0.00000180. The van der Waals surface area contributed by atoms with Crippen LogP contribution in [0, 0.1) is 0 Å². The molecule has 36 heavy (non-hydrogen) atoms. The molecule has 8 heteroatoms. The molecule has 0 bridgehead atoms. The molecule has 2 fully saturated rings. The maximum Gasteiger partial charge on any atom is 0.206 e. The van der Waals surface area contributed by atoms with Gasteiger partial charge >= 0.3 is 0 Å². The van der Waals surface area contributed by atoms with E-state index in [9.17, 15) is 0 Å². The van der Waals surface area contributed by atoms with Gasteiger partial charge in [-0.3, -0.25) is 0 Å². The number of para-hydroxylation sites is 2. The quantitative estimate of drug-likeness (QED) is 0.402. The molecule has 0 saturated carbocycles. The predicted octanol–water partition coefficient (Wildman–Crippen LogP) is 4.75. The van der Waals surface area contributed by atoms with E-state index in [1.807, 2.05) is 0 Å². The average Bonchev–Trinajstić information content (AvgIpc) is 3.43. The number of benzene rings is 2. The van der Waals surface area contributed by atoms with Crippen molar-refractivity contribution >= 4 is 41.8 Å². The molecule has 1 aromatic heterocycles. The first-order valence-electron chi connectivity index (χ1n) is 13.1. The van der Waals surface area contributed by atoms with Crippen molar-refractivity contribution in [1.82, 2.24) is 19.8 Å². The largest absolute Gasteiger partial charge is 0.380 e. The molecular formula is C28H41Cl2N5O. The Kier molecular flexibility index (Phi) is 10.9. The highest BCUT2D eigenvalue weighted by molar-refractivity contribution is 5.85. The molecule has 3 aromatic rings. The Hall–Kier alpha value is -1.83. The van der Waals surface area contributed by atoms with Crippen molar-refractivity contribution in [3.05, 3.63) is 60.2 Å². The van der Waals surface area contributed by atoms with E-state index in [1.54, 1.807) is 0 Å². The van der Waals surface area contributed by atoms with Crippen molar-refractivity contribution in [1.29, 1.82) is 0 Å². The molecule has 0 amide bonds. The fourth-order valence-electron chi connectivity index (χ4n) is 5.73. The van der Waals surface area contributed by atoms with Gasteiger partial charge in [0, 0.05) is 44.7 Å². The number of fused-ring (bicyclic) bond motifs is 1. The third-order valence-electron chi connectivity index (χ3n) is 7.71. The molecule has 0 spiro atoms. The third-order valence-corrected chi connectivity index (χ3v) is 7.71. The van der Waals surface area contributed by atoms with Crippen molar-refractivity contribution in [2.45, 2.75) is 38.1 Å². The molecule has 3 heterocycles. The van der Waals surface area contributed by atoms with E-state index >= 15 is 0 Å². The van der Waals surface area contributed by atoms with E-state index in [1.165, 1.54) is 30.3 Å². The zero-order valence-electron chi connectivity index (χ0n) is 21.4. The van der Waals surface area contributed by atoms with Gasteiger partial charge in [0.25, 0.3) is 0 Å². The van der Waals surface area contributed by atoms with Gasteiger partial charge in [0.1, 0.15) is 0 Å². The molecule has 5 rings (SSSR count). The number of nitrogens with one attached hydrogen (secondary N) is 1. The lowest BCUT2D eigenvalue weighted by molar-refractivity contribution is 0.140. The van der Waals surface area contributed by atoms with Crippen molar-refractivity contribution in [3.8, 4) is 0 Å². The van der Waals surface area contributed by atoms with Crippen LogP contribution in [-0.4, -0.2) is 73.5 Å². The smallest absolute Gasteiger partial charge is 0.206 e. The van der Waals surface area contributed by atoms with E-state index in [0.717, 1.165) is 77.0 Å². The van der Waals surface area contributed by atoms with Gasteiger partial charge < -0.3 is 24.4 Å². The second kappa shape index (κ2) is 13.6. The van der Waals surface area contributed by atoms with E-state index in [4.69, 9.17) is 9.72 Å². The zero-order valence-corrected chi connectivity index (χ0v) is 23.0. The minimum Gasteiger partial charge on any atom is -0.380 e. The van der Waals surface area contributed by atoms with Gasteiger partial charge in [0.05, 0.1) is 17.6 Å². The molecule has 2 aliphatic heterocycles. The van der Waals surface area contributed by atoms with Gasteiger partial charge in [-0.25, -0.2) is 4.98 Å². The number of halogens is 2. The first-order valence-corrected chi connectivity index (χ1v) is 13.1. The Morgan fingerprint density at radius 1 is 0.944 bits per heavy atom. The van der Waals surface area contributed by atoms with Gasteiger partial charge in [-0.1, -0.05) is 42.5 Å². The van der Waals surface area contributed by atoms with Crippen LogP contribution >= 0.6 is 24.8 Å². The molecule has 2 aromatic carbocycles. The van der Waals surface area contributed by atoms with Crippen LogP contribution < -0.4 is 10.2 Å². The third kappa shape index (κ3) is 6.35. The second-order valence-electron chi connectivity index (χ2n) is 9.75. The normalized spacial score (nSPS) is 20.6. The van der Waals surface area contributed by atoms with E-state index in [0.29, 0.717) is 0 Å². The number of ether oxygens (including phenoxy) is 1. The highest BCUT2D eigenvalue weighted by Crippen LogP contribution is 2.34. The van der Waals surface area contributed by atoms with E-state index < -0.39 is 0 Å². The van der Waals surface area contributed by atoms with Gasteiger partial charge in [0.15, 0.2) is 0 Å². The number of hydrogen-bond donors (Lipinski definition) is 1. The SMILES string of the molecule is CCOCCn1c(N2CCCN(CCC3(c4ccccc4)CCNC3)CC2)nc2ccccc21.Cl.Cl. The molecular weight excluding hydrogens is 493 g/mol. The van der Waals surface area contributed by atoms with Gasteiger partial charge in [0.2, 0.25) is 5.95 Å². The summed E-state index contributed by atoms with van der Waals surface area (Å²) in [7, 11) is 0. The van der Waals surface area contributed by atoms with Gasteiger partial charge in [-0.15, -0.1) is 24.8 Å². The van der Waals surface area contributed by atoms with Crippen LogP contribution in [0.15, 0.2) is 54.6 Å². The Morgan fingerprint density at radius 3 is 2.53 bits per heavy atom. The summed E-state index contributed by atoms with van der Waals surface area (Å²) < 4.78 is 8.04. The second-order valence-corrected chi connectivity index (χ2v) is 9.75. The highest BCUT2D eigenvalue weighted by atomic mass is 35.5. The van der Waals surface area contributed by atoms with Crippen molar-refractivity contribution in [3.63, 3.8) is 0 Å². The summed E-state index contributed by atoms with van der Waals surface area (Å²) in [5, 5.41) is 3.63. The topological polar surface area (TPSA) is 45.6 Å². The highest BCUT2D eigenvalue weighted by Gasteiger charge is 2.35. The van der Waals surface area contributed by atoms with Crippen LogP contribution in [0.4, 0.5) is 5.95 Å². The standard InChI is InChI=1S/C28H39N5O.2ClH/c1-2-34-22-21-33-26-12-7-6-11-25(26)30-27(33)32-17-8-16-31(19-20-32)18-14-28(13-15-29-23-28)24-9-4-3-5-10-24;;/h3-7,9-12,29H,2,8,13-23H2,1H3;2*1H. The molecule has 198 valence electrons. The molecule has 2 aliphatic rings. The summed E-state index contributed by atoms with van der Waals surface area (Å²) in [6, 6.07) is 19.7. The molecule has 0 aliphatic carbocycles. The number of aromatic nitrogens is 2. The van der Waals surface area contributed by atoms with Crippen LogP contribution in [0.2, 0.25) is 0 Å². The van der Waals surface area contributed by atoms with E-state index in [-0.39, 0.29) is 30.2 Å². The van der Waals surface area contributed by atoms with Crippen LogP contribution in [0.3, 0.4) is 0 Å². The van der Waals surface area contributed by atoms with E-state index in [2.05, 4.69) is 81.2 Å². The Morgan fingerprint density at radius 2 is 1.75 bits per heavy atom. The van der Waals surface area contributed by atoms with Crippen LogP contribution in [-0.2, 0) is 16.7 Å². The Labute approximate surface area is 228 Å². The summed E-state index contributed by atoms with van der Waals surface area (Å²) >= 11 is 0. The number of nitrogens with zero attached hydrogens (tertiary/aromatic N) is 4. The van der Waals surface area contributed by atoms with Gasteiger partial charge in [-0.2, -0.15) is 0 Å². The molecule has 1 N–H and O–H groups in total. The maximum absolute atomic E-state index is 5.69. The fraction of sp³-hybridized carbons (Fsp3) is 0.536. The number of rotatable bonds is 9. The Bertz CT molecular complexity index is 1050. The van der Waals surface area contributed by atoms with Crippen LogP contribution in [0.25, 0.3) is 11.0 Å². The van der Waals surface area contributed by atoms with Crippen molar-refractivity contribution < 1.29 is 4.74 Å². The van der Waals surface area contributed by atoms with Crippen LogP contribution in [0.1, 0.15) is 31.7 Å². The fourth-order valence-corrected chi connectivity index (χ4v) is 5.73. The van der Waals surface area contributed by atoms with Crippen molar-refractivity contribution in [2.24, 2.45) is 0 Å². The summed E-state index contributed by atoms with van der Waals surface area (Å²) in [4.78, 5) is 10.2. The molecule has 1 unspecified atom stereocenters. The average molecular weight is 535 g/mol. The maximum atomic E-state index is 5.69. The predicted molar refractivity (Wildman–Crippen MR) is 154 cm³/mol. The first-order chi connectivity index (χ1) is 16.8. The number of hydrogen-bond acceptors (Lipinski definition) is 5. The molecule has 2 saturated heterocycles. The summed E-state index contributed by atoms with van der Waals surface area (Å²) in [6.45, 7) is 12.1. The zero-order chi connectivity index (χ0) is 23.2.